The Hall–Kier alpha value is -0.630. The summed E-state index contributed by atoms with van der Waals surface area (Å²) in [7, 11) is 0. The van der Waals surface area contributed by atoms with Gasteiger partial charge in [0.15, 0.2) is 0 Å². The second-order valence-corrected chi connectivity index (χ2v) is 4.22. The second-order valence-electron chi connectivity index (χ2n) is 3.05. The molecule has 0 aliphatic rings. The molecule has 0 fully saturated rings. The molecule has 0 aromatic heterocycles. The second kappa shape index (κ2) is 5.92. The van der Waals surface area contributed by atoms with E-state index in [1.807, 2.05) is 23.9 Å². The first-order valence-corrected chi connectivity index (χ1v) is 5.73. The smallest absolute Gasteiger partial charge is 0.115 e. The Bertz CT molecular complexity index is 230. The van der Waals surface area contributed by atoms with E-state index in [-0.39, 0.29) is 0 Å². The third-order valence-electron chi connectivity index (χ3n) is 1.85. The van der Waals surface area contributed by atoms with Gasteiger partial charge in [0.2, 0.25) is 0 Å². The van der Waals surface area contributed by atoms with Crippen LogP contribution in [0.15, 0.2) is 29.2 Å². The zero-order chi connectivity index (χ0) is 9.52. The highest BCUT2D eigenvalue weighted by molar-refractivity contribution is 7.99. The molecule has 0 spiro atoms. The van der Waals surface area contributed by atoms with Gasteiger partial charge >= 0.3 is 0 Å². The average molecular weight is 196 g/mol. The summed E-state index contributed by atoms with van der Waals surface area (Å²) in [6, 6.07) is 7.40. The Morgan fingerprint density at radius 1 is 1.15 bits per heavy atom. The van der Waals surface area contributed by atoms with E-state index in [1.54, 1.807) is 12.1 Å². The van der Waals surface area contributed by atoms with Crippen LogP contribution in [0.5, 0.6) is 5.75 Å². The Morgan fingerprint density at radius 2 is 1.85 bits per heavy atom. The average Bonchev–Trinajstić information content (AvgIpc) is 2.15. The Kier molecular flexibility index (Phi) is 4.76. The number of hydrogen-bond acceptors (Lipinski definition) is 2. The van der Waals surface area contributed by atoms with Crippen LogP contribution >= 0.6 is 11.8 Å². The van der Waals surface area contributed by atoms with Crippen LogP contribution in [0, 0.1) is 0 Å². The van der Waals surface area contributed by atoms with Crippen molar-refractivity contribution in [2.45, 2.75) is 31.1 Å². The van der Waals surface area contributed by atoms with Crippen molar-refractivity contribution < 1.29 is 5.11 Å². The van der Waals surface area contributed by atoms with Crippen molar-refractivity contribution >= 4 is 11.8 Å². The van der Waals surface area contributed by atoms with Crippen LogP contribution in [0.3, 0.4) is 0 Å². The summed E-state index contributed by atoms with van der Waals surface area (Å²) in [6.45, 7) is 2.21. The summed E-state index contributed by atoms with van der Waals surface area (Å²) in [4.78, 5) is 1.24. The van der Waals surface area contributed by atoms with Gasteiger partial charge in [-0.1, -0.05) is 19.8 Å². The number of thioether (sulfide) groups is 1. The van der Waals surface area contributed by atoms with Crippen molar-refractivity contribution in [3.63, 3.8) is 0 Å². The van der Waals surface area contributed by atoms with Gasteiger partial charge in [-0.25, -0.2) is 0 Å². The zero-order valence-corrected chi connectivity index (χ0v) is 8.81. The Balaban J connectivity index is 2.25. The van der Waals surface area contributed by atoms with Crippen LogP contribution in [0.2, 0.25) is 0 Å². The molecule has 1 aromatic rings. The normalized spacial score (nSPS) is 10.2. The molecular weight excluding hydrogens is 180 g/mol. The topological polar surface area (TPSA) is 20.2 Å². The van der Waals surface area contributed by atoms with Crippen molar-refractivity contribution in [2.24, 2.45) is 0 Å². The maximum Gasteiger partial charge on any atom is 0.115 e. The molecule has 0 bridgehead atoms. The van der Waals surface area contributed by atoms with Gasteiger partial charge in [0.25, 0.3) is 0 Å². The van der Waals surface area contributed by atoms with Crippen LogP contribution in [0.4, 0.5) is 0 Å². The third-order valence-corrected chi connectivity index (χ3v) is 2.95. The van der Waals surface area contributed by atoms with Crippen LogP contribution < -0.4 is 0 Å². The Labute approximate surface area is 84.2 Å². The molecule has 0 aliphatic heterocycles. The first kappa shape index (κ1) is 10.5. The number of unbranched alkanes of at least 4 members (excludes halogenated alkanes) is 2. The number of phenols is 1. The van der Waals surface area contributed by atoms with E-state index in [0.717, 1.165) is 0 Å². The lowest BCUT2D eigenvalue weighted by atomic mass is 10.3. The molecule has 72 valence electrons. The lowest BCUT2D eigenvalue weighted by molar-refractivity contribution is 0.475. The largest absolute Gasteiger partial charge is 0.508 e. The lowest BCUT2D eigenvalue weighted by Gasteiger charge is -2.00. The summed E-state index contributed by atoms with van der Waals surface area (Å²) in [6.07, 6.45) is 3.86. The molecule has 1 nitrogen and oxygen atoms in total. The molecule has 0 radical (unpaired) electrons. The number of phenolic OH excluding ortho intramolecular Hbond substituents is 1. The molecule has 2 heteroatoms. The van der Waals surface area contributed by atoms with E-state index < -0.39 is 0 Å². The fourth-order valence-corrected chi connectivity index (χ4v) is 2.00. The van der Waals surface area contributed by atoms with Gasteiger partial charge in [-0.3, -0.25) is 0 Å². The summed E-state index contributed by atoms with van der Waals surface area (Å²) in [5.74, 6) is 1.52. The van der Waals surface area contributed by atoms with Gasteiger partial charge < -0.3 is 5.11 Å². The lowest BCUT2D eigenvalue weighted by Crippen LogP contribution is -1.79. The molecule has 1 N–H and O–H groups in total. The van der Waals surface area contributed by atoms with Crippen molar-refractivity contribution in [1.29, 1.82) is 0 Å². The SMILES string of the molecule is CCCCCSc1ccc(O)cc1. The van der Waals surface area contributed by atoms with E-state index in [2.05, 4.69) is 6.92 Å². The molecule has 0 amide bonds. The third kappa shape index (κ3) is 4.23. The molecule has 0 heterocycles. The van der Waals surface area contributed by atoms with E-state index in [9.17, 15) is 0 Å². The van der Waals surface area contributed by atoms with Gasteiger partial charge in [-0.05, 0) is 36.4 Å². The number of aromatic hydroxyl groups is 1. The highest BCUT2D eigenvalue weighted by Crippen LogP contribution is 2.21. The van der Waals surface area contributed by atoms with E-state index in [0.29, 0.717) is 5.75 Å². The maximum absolute atomic E-state index is 9.06. The van der Waals surface area contributed by atoms with Crippen molar-refractivity contribution in [3.8, 4) is 5.75 Å². The summed E-state index contributed by atoms with van der Waals surface area (Å²) < 4.78 is 0. The van der Waals surface area contributed by atoms with E-state index >= 15 is 0 Å². The van der Waals surface area contributed by atoms with Crippen LogP contribution in [-0.2, 0) is 0 Å². The van der Waals surface area contributed by atoms with Gasteiger partial charge in [0.05, 0.1) is 0 Å². The first-order chi connectivity index (χ1) is 6.33. The summed E-state index contributed by atoms with van der Waals surface area (Å²) in [5, 5.41) is 9.06. The molecule has 0 saturated carbocycles. The van der Waals surface area contributed by atoms with Crippen molar-refractivity contribution in [1.82, 2.24) is 0 Å². The minimum Gasteiger partial charge on any atom is -0.508 e. The van der Waals surface area contributed by atoms with Gasteiger partial charge in [-0.15, -0.1) is 11.8 Å². The van der Waals surface area contributed by atoms with Gasteiger partial charge in [-0.2, -0.15) is 0 Å². The fourth-order valence-electron chi connectivity index (χ4n) is 1.08. The molecule has 0 aliphatic carbocycles. The van der Waals surface area contributed by atoms with Crippen LogP contribution in [0.25, 0.3) is 0 Å². The predicted octanol–water partition coefficient (Wildman–Crippen LogP) is 3.67. The zero-order valence-electron chi connectivity index (χ0n) is 7.99. The standard InChI is InChI=1S/C11H16OS/c1-2-3-4-9-13-11-7-5-10(12)6-8-11/h5-8,12H,2-4,9H2,1H3. The molecule has 0 saturated heterocycles. The van der Waals surface area contributed by atoms with Gasteiger partial charge in [0.1, 0.15) is 5.75 Å². The molecule has 0 unspecified atom stereocenters. The molecule has 13 heavy (non-hydrogen) atoms. The monoisotopic (exact) mass is 196 g/mol. The molecule has 1 aromatic carbocycles. The van der Waals surface area contributed by atoms with Crippen molar-refractivity contribution in [3.05, 3.63) is 24.3 Å². The Morgan fingerprint density at radius 3 is 2.46 bits per heavy atom. The van der Waals surface area contributed by atoms with Crippen molar-refractivity contribution in [2.75, 3.05) is 5.75 Å². The quantitative estimate of drug-likeness (QED) is 0.572. The number of rotatable bonds is 5. The fraction of sp³-hybridized carbons (Fsp3) is 0.455. The van der Waals surface area contributed by atoms with E-state index in [4.69, 9.17) is 5.11 Å². The highest BCUT2D eigenvalue weighted by Gasteiger charge is 1.93. The minimum absolute atomic E-state index is 0.345. The number of benzene rings is 1. The van der Waals surface area contributed by atoms with Crippen LogP contribution in [-0.4, -0.2) is 10.9 Å². The van der Waals surface area contributed by atoms with Gasteiger partial charge in [0, 0.05) is 4.90 Å². The molecule has 0 atom stereocenters. The van der Waals surface area contributed by atoms with Crippen LogP contribution in [0.1, 0.15) is 26.2 Å². The minimum atomic E-state index is 0.345. The number of hydrogen-bond donors (Lipinski definition) is 1. The maximum atomic E-state index is 9.06. The summed E-state index contributed by atoms with van der Waals surface area (Å²) in [5.41, 5.74) is 0. The highest BCUT2D eigenvalue weighted by atomic mass is 32.2. The summed E-state index contributed by atoms with van der Waals surface area (Å²) >= 11 is 1.86. The molecule has 1 rings (SSSR count). The predicted molar refractivity (Wildman–Crippen MR) is 58.4 cm³/mol. The van der Waals surface area contributed by atoms with E-state index in [1.165, 1.54) is 29.9 Å². The molecular formula is C11H16OS. The first-order valence-electron chi connectivity index (χ1n) is 4.74.